The second kappa shape index (κ2) is 14.9. The summed E-state index contributed by atoms with van der Waals surface area (Å²) in [6, 6.07) is 58.6. The minimum Gasteiger partial charge on any atom is -0.496 e. The van der Waals surface area contributed by atoms with Gasteiger partial charge in [0.15, 0.2) is 0 Å². The van der Waals surface area contributed by atoms with Crippen LogP contribution in [0.1, 0.15) is 52.7 Å². The number of benzene rings is 6. The Morgan fingerprint density at radius 3 is 1.80 bits per heavy atom. The summed E-state index contributed by atoms with van der Waals surface area (Å²) in [5, 5.41) is 2.46. The zero-order chi connectivity index (χ0) is 40.9. The lowest BCUT2D eigenvalue weighted by atomic mass is 9.79. The fourth-order valence-electron chi connectivity index (χ4n) is 8.19. The van der Waals surface area contributed by atoms with Crippen LogP contribution in [0.4, 0.5) is 0 Å². The van der Waals surface area contributed by atoms with E-state index in [1.165, 1.54) is 38.5 Å². The molecule has 0 saturated carbocycles. The van der Waals surface area contributed by atoms with Crippen LogP contribution >= 0.6 is 0 Å². The van der Waals surface area contributed by atoms with Gasteiger partial charge in [0, 0.05) is 44.9 Å². The number of para-hydroxylation sites is 4. The van der Waals surface area contributed by atoms with Gasteiger partial charge in [0.25, 0.3) is 0 Å². The molecule has 0 unspecified atom stereocenters. The third-order valence-corrected chi connectivity index (χ3v) is 11.4. The zero-order valence-corrected chi connectivity index (χ0v) is 34.9. The summed E-state index contributed by atoms with van der Waals surface area (Å²) in [6.45, 7) is 13.7. The van der Waals surface area contributed by atoms with Gasteiger partial charge in [-0.3, -0.25) is 4.98 Å². The van der Waals surface area contributed by atoms with Gasteiger partial charge in [0.05, 0.1) is 35.2 Å². The van der Waals surface area contributed by atoms with Crippen molar-refractivity contribution in [3.8, 4) is 67.5 Å². The van der Waals surface area contributed by atoms with Crippen molar-refractivity contribution in [2.24, 2.45) is 0 Å². The van der Waals surface area contributed by atoms with Gasteiger partial charge in [-0.25, -0.2) is 4.98 Å². The normalized spacial score (nSPS) is 12.0. The first-order chi connectivity index (χ1) is 28.5. The lowest BCUT2D eigenvalue weighted by molar-refractivity contribution is 0.416. The minimum absolute atomic E-state index is 0.0170. The van der Waals surface area contributed by atoms with E-state index in [2.05, 4.69) is 192 Å². The van der Waals surface area contributed by atoms with E-state index in [-0.39, 0.29) is 10.8 Å². The van der Waals surface area contributed by atoms with Crippen molar-refractivity contribution in [2.45, 2.75) is 52.4 Å². The number of hydrogen-bond donors (Lipinski definition) is 0. The first-order valence-electron chi connectivity index (χ1n) is 20.4. The summed E-state index contributed by atoms with van der Waals surface area (Å²) >= 11 is 0. The van der Waals surface area contributed by atoms with Crippen molar-refractivity contribution in [2.75, 3.05) is 7.11 Å². The predicted molar refractivity (Wildman–Crippen MR) is 248 cm³/mol. The van der Waals surface area contributed by atoms with Crippen LogP contribution in [0.2, 0.25) is 0 Å². The standard InChI is InChI=1S/C55H49N3O/c1-54(2,3)41-30-39(31-42(35-41)55(4,5)6)40-33-49(57-50(34-40)47-22-12-14-26-52(47)59-7)38-18-15-17-37(29-38)48-32-36(27-28-56-48)44-23-16-24-46-45-21-11-13-25-51(45)58(53(44)46)43-19-9-8-10-20-43/h8-35H,1-7H3. The molecule has 0 amide bonds. The van der Waals surface area contributed by atoms with E-state index in [9.17, 15) is 0 Å². The van der Waals surface area contributed by atoms with Crippen molar-refractivity contribution in [1.29, 1.82) is 0 Å². The smallest absolute Gasteiger partial charge is 0.128 e. The molecule has 3 aromatic heterocycles. The second-order valence-electron chi connectivity index (χ2n) is 17.5. The van der Waals surface area contributed by atoms with Crippen LogP contribution in [-0.4, -0.2) is 21.6 Å². The average molecular weight is 768 g/mol. The fourth-order valence-corrected chi connectivity index (χ4v) is 8.19. The van der Waals surface area contributed by atoms with E-state index >= 15 is 0 Å². The fraction of sp³-hybridized carbons (Fsp3) is 0.164. The molecule has 0 bridgehead atoms. The Morgan fingerprint density at radius 1 is 0.458 bits per heavy atom. The monoisotopic (exact) mass is 767 g/mol. The molecule has 0 fully saturated rings. The van der Waals surface area contributed by atoms with Crippen LogP contribution in [0.25, 0.3) is 83.5 Å². The highest BCUT2D eigenvalue weighted by molar-refractivity contribution is 6.13. The Bertz CT molecular complexity index is 2960. The van der Waals surface area contributed by atoms with Crippen LogP contribution in [0.5, 0.6) is 5.75 Å². The molecular formula is C55H49N3O. The molecule has 4 heteroatoms. The zero-order valence-electron chi connectivity index (χ0n) is 34.9. The third kappa shape index (κ3) is 7.21. The van der Waals surface area contributed by atoms with Crippen LogP contribution in [0.3, 0.4) is 0 Å². The summed E-state index contributed by atoms with van der Waals surface area (Å²) < 4.78 is 8.26. The largest absolute Gasteiger partial charge is 0.496 e. The highest BCUT2D eigenvalue weighted by Crippen LogP contribution is 2.41. The average Bonchev–Trinajstić information content (AvgIpc) is 3.60. The summed E-state index contributed by atoms with van der Waals surface area (Å²) in [7, 11) is 1.72. The maximum atomic E-state index is 5.87. The van der Waals surface area contributed by atoms with Crippen molar-refractivity contribution < 1.29 is 4.74 Å². The molecule has 4 nitrogen and oxygen atoms in total. The number of fused-ring (bicyclic) bond motifs is 3. The molecule has 3 heterocycles. The van der Waals surface area contributed by atoms with Crippen molar-refractivity contribution in [3.05, 3.63) is 181 Å². The van der Waals surface area contributed by atoms with Crippen molar-refractivity contribution >= 4 is 21.8 Å². The molecule has 0 saturated heterocycles. The maximum absolute atomic E-state index is 5.87. The first kappa shape index (κ1) is 37.8. The Labute approximate surface area is 347 Å². The van der Waals surface area contributed by atoms with Crippen LogP contribution in [0.15, 0.2) is 170 Å². The summed E-state index contributed by atoms with van der Waals surface area (Å²) in [4.78, 5) is 10.3. The van der Waals surface area contributed by atoms with Gasteiger partial charge in [-0.15, -0.1) is 0 Å². The van der Waals surface area contributed by atoms with Gasteiger partial charge in [-0.2, -0.15) is 0 Å². The van der Waals surface area contributed by atoms with Gasteiger partial charge in [-0.1, -0.05) is 145 Å². The molecule has 0 aliphatic carbocycles. The van der Waals surface area contributed by atoms with Gasteiger partial charge in [0.2, 0.25) is 0 Å². The van der Waals surface area contributed by atoms with Gasteiger partial charge < -0.3 is 9.30 Å². The number of methoxy groups -OCH3 is 1. The Hall–Kier alpha value is -6.78. The van der Waals surface area contributed by atoms with Crippen LogP contribution in [-0.2, 0) is 10.8 Å². The molecule has 290 valence electrons. The topological polar surface area (TPSA) is 39.9 Å². The summed E-state index contributed by atoms with van der Waals surface area (Å²) in [6.07, 6.45) is 1.93. The minimum atomic E-state index is -0.0170. The number of ether oxygens (including phenoxy) is 1. The predicted octanol–water partition coefficient (Wildman–Crippen LogP) is 14.5. The van der Waals surface area contributed by atoms with Crippen LogP contribution < -0.4 is 4.74 Å². The van der Waals surface area contributed by atoms with E-state index in [0.29, 0.717) is 0 Å². The molecule has 6 aromatic carbocycles. The lowest BCUT2D eigenvalue weighted by Crippen LogP contribution is -2.16. The SMILES string of the molecule is COc1ccccc1-c1cc(-c2cc(C(C)(C)C)cc(C(C)(C)C)c2)cc(-c2cccc(-c3cc(-c4cccc5c6ccccc6n(-c6ccccc6)c45)ccn3)c2)n1. The van der Waals surface area contributed by atoms with Gasteiger partial charge in [0.1, 0.15) is 5.75 Å². The number of hydrogen-bond acceptors (Lipinski definition) is 3. The highest BCUT2D eigenvalue weighted by atomic mass is 16.5. The van der Waals surface area contributed by atoms with E-state index in [1.54, 1.807) is 7.11 Å². The molecule has 59 heavy (non-hydrogen) atoms. The number of nitrogens with zero attached hydrogens (tertiary/aromatic N) is 3. The third-order valence-electron chi connectivity index (χ3n) is 11.4. The molecule has 0 radical (unpaired) electrons. The summed E-state index contributed by atoms with van der Waals surface area (Å²) in [5.41, 5.74) is 16.3. The molecular weight excluding hydrogens is 719 g/mol. The Balaban J connectivity index is 1.19. The lowest BCUT2D eigenvalue weighted by Gasteiger charge is -2.26. The van der Waals surface area contributed by atoms with Crippen molar-refractivity contribution in [1.82, 2.24) is 14.5 Å². The number of pyridine rings is 2. The maximum Gasteiger partial charge on any atom is 0.128 e. The second-order valence-corrected chi connectivity index (χ2v) is 17.5. The van der Waals surface area contributed by atoms with E-state index in [1.807, 2.05) is 24.4 Å². The van der Waals surface area contributed by atoms with E-state index in [0.717, 1.165) is 61.9 Å². The number of aromatic nitrogens is 3. The van der Waals surface area contributed by atoms with Crippen molar-refractivity contribution in [3.63, 3.8) is 0 Å². The Kier molecular flexibility index (Phi) is 9.52. The molecule has 0 aliphatic rings. The molecule has 0 spiro atoms. The number of rotatable bonds is 7. The van der Waals surface area contributed by atoms with Crippen LogP contribution in [0, 0.1) is 0 Å². The molecule has 9 aromatic rings. The molecule has 0 N–H and O–H groups in total. The quantitative estimate of drug-likeness (QED) is 0.162. The first-order valence-corrected chi connectivity index (χ1v) is 20.4. The van der Waals surface area contributed by atoms with Gasteiger partial charge in [-0.05, 0) is 99.3 Å². The molecule has 0 atom stereocenters. The molecule has 9 rings (SSSR count). The van der Waals surface area contributed by atoms with E-state index < -0.39 is 0 Å². The van der Waals surface area contributed by atoms with Gasteiger partial charge >= 0.3 is 0 Å². The highest BCUT2D eigenvalue weighted by Gasteiger charge is 2.23. The summed E-state index contributed by atoms with van der Waals surface area (Å²) in [5.74, 6) is 0.790. The van der Waals surface area contributed by atoms with E-state index in [4.69, 9.17) is 14.7 Å². The molecule has 0 aliphatic heterocycles. The Morgan fingerprint density at radius 2 is 1.05 bits per heavy atom.